The van der Waals surface area contributed by atoms with E-state index in [4.69, 9.17) is 13.9 Å². The zero-order chi connectivity index (χ0) is 17.5. The Morgan fingerprint density at radius 3 is 2.71 bits per heavy atom. The molecule has 3 rings (SSSR count). The van der Waals surface area contributed by atoms with E-state index in [1.54, 1.807) is 26.0 Å². The maximum absolute atomic E-state index is 12.1. The van der Waals surface area contributed by atoms with E-state index in [1.807, 2.05) is 26.0 Å². The average molecular weight is 328 g/mol. The van der Waals surface area contributed by atoms with E-state index in [9.17, 15) is 9.59 Å². The summed E-state index contributed by atoms with van der Waals surface area (Å²) >= 11 is 0. The molecule has 0 saturated heterocycles. The maximum atomic E-state index is 12.1. The average Bonchev–Trinajstić information content (AvgIpc) is 2.54. The zero-order valence-electron chi connectivity index (χ0n) is 14.2. The molecular formula is C19H20O5. The minimum Gasteiger partial charge on any atom is -0.484 e. The number of carbonyl (C=O) groups is 1. The number of fused-ring (bicyclic) bond motifs is 3. The summed E-state index contributed by atoms with van der Waals surface area (Å²) in [7, 11) is 0. The molecule has 24 heavy (non-hydrogen) atoms. The molecule has 0 bridgehead atoms. The predicted molar refractivity (Wildman–Crippen MR) is 90.2 cm³/mol. The van der Waals surface area contributed by atoms with E-state index in [0.717, 1.165) is 10.9 Å². The van der Waals surface area contributed by atoms with Crippen LogP contribution in [0.2, 0.25) is 0 Å². The van der Waals surface area contributed by atoms with Gasteiger partial charge in [-0.05, 0) is 45.9 Å². The standard InChI is InChI=1S/C19H20O5/c1-5-11(2)18(21)22-15-10-13-14(24-19(15,3)4)8-6-12-7-9-16(20)23-17(12)13/h5-9,15H,10H2,1-4H3/b11-5-/t15-/m0/s1. The molecule has 1 aromatic heterocycles. The Kier molecular flexibility index (Phi) is 3.95. The van der Waals surface area contributed by atoms with Gasteiger partial charge in [-0.2, -0.15) is 0 Å². The minimum atomic E-state index is -0.681. The van der Waals surface area contributed by atoms with E-state index >= 15 is 0 Å². The summed E-state index contributed by atoms with van der Waals surface area (Å²) in [6, 6.07) is 6.81. The van der Waals surface area contributed by atoms with Crippen molar-refractivity contribution < 1.29 is 18.7 Å². The highest BCUT2D eigenvalue weighted by molar-refractivity contribution is 5.88. The lowest BCUT2D eigenvalue weighted by molar-refractivity contribution is -0.156. The predicted octanol–water partition coefficient (Wildman–Crippen LogP) is 3.38. The van der Waals surface area contributed by atoms with Crippen LogP contribution in [0.4, 0.5) is 0 Å². The van der Waals surface area contributed by atoms with Crippen molar-refractivity contribution in [2.24, 2.45) is 0 Å². The number of benzene rings is 1. The van der Waals surface area contributed by atoms with Crippen molar-refractivity contribution >= 4 is 16.9 Å². The third kappa shape index (κ3) is 2.82. The van der Waals surface area contributed by atoms with E-state index in [-0.39, 0.29) is 5.97 Å². The molecule has 0 N–H and O–H groups in total. The Hall–Kier alpha value is -2.56. The number of esters is 1. The quantitative estimate of drug-likeness (QED) is 0.480. The van der Waals surface area contributed by atoms with Crippen molar-refractivity contribution in [1.82, 2.24) is 0 Å². The molecule has 0 spiro atoms. The Bertz CT molecular complexity index is 888. The molecule has 0 aliphatic carbocycles. The lowest BCUT2D eigenvalue weighted by Gasteiger charge is -2.39. The highest BCUT2D eigenvalue weighted by Crippen LogP contribution is 2.38. The van der Waals surface area contributed by atoms with Crippen molar-refractivity contribution in [3.63, 3.8) is 0 Å². The van der Waals surface area contributed by atoms with Crippen LogP contribution in [0.3, 0.4) is 0 Å². The van der Waals surface area contributed by atoms with Crippen molar-refractivity contribution in [2.75, 3.05) is 0 Å². The highest BCUT2D eigenvalue weighted by Gasteiger charge is 2.41. The maximum Gasteiger partial charge on any atom is 0.336 e. The summed E-state index contributed by atoms with van der Waals surface area (Å²) in [5.41, 5.74) is 0.680. The fourth-order valence-electron chi connectivity index (χ4n) is 2.76. The van der Waals surface area contributed by atoms with Crippen LogP contribution in [0.5, 0.6) is 5.75 Å². The number of ether oxygens (including phenoxy) is 2. The smallest absolute Gasteiger partial charge is 0.336 e. The number of rotatable bonds is 2. The lowest BCUT2D eigenvalue weighted by atomic mass is 9.90. The van der Waals surface area contributed by atoms with Gasteiger partial charge in [0.15, 0.2) is 0 Å². The first-order chi connectivity index (χ1) is 11.3. The van der Waals surface area contributed by atoms with Gasteiger partial charge in [0, 0.05) is 29.0 Å². The molecule has 1 aromatic carbocycles. The molecule has 0 amide bonds. The summed E-state index contributed by atoms with van der Waals surface area (Å²) < 4.78 is 17.0. The normalized spacial score (nSPS) is 19.5. The molecule has 0 unspecified atom stereocenters. The summed E-state index contributed by atoms with van der Waals surface area (Å²) in [6.07, 6.45) is 1.65. The lowest BCUT2D eigenvalue weighted by Crippen LogP contribution is -2.49. The summed E-state index contributed by atoms with van der Waals surface area (Å²) in [4.78, 5) is 23.7. The summed E-state index contributed by atoms with van der Waals surface area (Å²) in [5, 5.41) is 0.811. The fourth-order valence-corrected chi connectivity index (χ4v) is 2.76. The second-order valence-corrected chi connectivity index (χ2v) is 6.49. The number of carbonyl (C=O) groups excluding carboxylic acids is 1. The first-order valence-electron chi connectivity index (χ1n) is 7.90. The molecule has 1 aliphatic heterocycles. The minimum absolute atomic E-state index is 0.371. The Morgan fingerprint density at radius 2 is 2.00 bits per heavy atom. The highest BCUT2D eigenvalue weighted by atomic mass is 16.6. The van der Waals surface area contributed by atoms with E-state index < -0.39 is 17.3 Å². The van der Waals surface area contributed by atoms with Gasteiger partial charge in [0.2, 0.25) is 0 Å². The summed E-state index contributed by atoms with van der Waals surface area (Å²) in [6.45, 7) is 7.26. The van der Waals surface area contributed by atoms with Crippen LogP contribution < -0.4 is 10.4 Å². The van der Waals surface area contributed by atoms with Crippen LogP contribution in [-0.4, -0.2) is 17.7 Å². The topological polar surface area (TPSA) is 65.7 Å². The van der Waals surface area contributed by atoms with Gasteiger partial charge in [-0.3, -0.25) is 0 Å². The van der Waals surface area contributed by atoms with Gasteiger partial charge in [-0.1, -0.05) is 6.08 Å². The van der Waals surface area contributed by atoms with Crippen LogP contribution in [-0.2, 0) is 16.0 Å². The molecule has 0 saturated carbocycles. The van der Waals surface area contributed by atoms with E-state index in [2.05, 4.69) is 0 Å². The van der Waals surface area contributed by atoms with Crippen LogP contribution in [0, 0.1) is 0 Å². The van der Waals surface area contributed by atoms with Gasteiger partial charge in [-0.15, -0.1) is 0 Å². The van der Waals surface area contributed by atoms with E-state index in [0.29, 0.717) is 23.3 Å². The fraction of sp³-hybridized carbons (Fsp3) is 0.368. The number of hydrogen-bond acceptors (Lipinski definition) is 5. The van der Waals surface area contributed by atoms with Crippen molar-refractivity contribution in [3.8, 4) is 5.75 Å². The molecule has 0 fully saturated rings. The van der Waals surface area contributed by atoms with Gasteiger partial charge in [-0.25, -0.2) is 9.59 Å². The van der Waals surface area contributed by atoms with Crippen molar-refractivity contribution in [3.05, 3.63) is 51.9 Å². The second-order valence-electron chi connectivity index (χ2n) is 6.49. The SMILES string of the molecule is C/C=C(/C)C(=O)O[C@H]1Cc2c(ccc3ccc(=O)oc23)OC1(C)C. The van der Waals surface area contributed by atoms with Crippen molar-refractivity contribution in [2.45, 2.75) is 45.8 Å². The Labute approximate surface area is 139 Å². The Morgan fingerprint density at radius 1 is 1.29 bits per heavy atom. The van der Waals surface area contributed by atoms with Crippen LogP contribution in [0.25, 0.3) is 11.0 Å². The third-order valence-corrected chi connectivity index (χ3v) is 4.39. The number of hydrogen-bond donors (Lipinski definition) is 0. The van der Waals surface area contributed by atoms with Crippen LogP contribution >= 0.6 is 0 Å². The van der Waals surface area contributed by atoms with Gasteiger partial charge in [0.1, 0.15) is 23.0 Å². The third-order valence-electron chi connectivity index (χ3n) is 4.39. The largest absolute Gasteiger partial charge is 0.484 e. The molecule has 5 nitrogen and oxygen atoms in total. The second kappa shape index (κ2) is 5.82. The van der Waals surface area contributed by atoms with Crippen LogP contribution in [0.1, 0.15) is 33.3 Å². The Balaban J connectivity index is 2.04. The molecule has 1 aliphatic rings. The monoisotopic (exact) mass is 328 g/mol. The van der Waals surface area contributed by atoms with Crippen molar-refractivity contribution in [1.29, 1.82) is 0 Å². The first kappa shape index (κ1) is 16.3. The van der Waals surface area contributed by atoms with Gasteiger partial charge >= 0.3 is 11.6 Å². The van der Waals surface area contributed by atoms with E-state index in [1.165, 1.54) is 6.07 Å². The van der Waals surface area contributed by atoms with Gasteiger partial charge in [0.05, 0.1) is 0 Å². The summed E-state index contributed by atoms with van der Waals surface area (Å²) in [5.74, 6) is 0.279. The molecule has 2 aromatic rings. The molecular weight excluding hydrogens is 308 g/mol. The zero-order valence-corrected chi connectivity index (χ0v) is 14.2. The number of allylic oxidation sites excluding steroid dienone is 1. The molecule has 2 heterocycles. The molecule has 1 atom stereocenters. The molecule has 126 valence electrons. The molecule has 5 heteroatoms. The van der Waals surface area contributed by atoms with Gasteiger partial charge in [0.25, 0.3) is 0 Å². The first-order valence-corrected chi connectivity index (χ1v) is 7.90. The van der Waals surface area contributed by atoms with Gasteiger partial charge < -0.3 is 13.9 Å². The molecule has 0 radical (unpaired) electrons. The van der Waals surface area contributed by atoms with Crippen LogP contribution in [0.15, 0.2) is 45.1 Å².